The first kappa shape index (κ1) is 38.3. The molecule has 0 bridgehead atoms. The average Bonchev–Trinajstić information content (AvgIpc) is 3.93. The third kappa shape index (κ3) is 11.5. The molecule has 11 nitrogen and oxygen atoms in total. The van der Waals surface area contributed by atoms with Gasteiger partial charge in [-0.2, -0.15) is 0 Å². The molecular formula is C37H54N6O5S. The van der Waals surface area contributed by atoms with Crippen LogP contribution in [0.4, 0.5) is 0 Å². The fraction of sp³-hybridized carbons (Fsp3) is 0.595. The standard InChI is InChI=1S/C23H30N2S.C14H24N4O5/c1-3-21-9-8-20-7-6-18(16-22(20)24-21)10-11-23(2)12-14-25(15-13-23)26-17-19-4-5-19;1-8(2)11(15-7-19)12(20)16-9(3)13(21)18-6-4-5-10(17-18)14(22)23/h6-11,16,19H,3-5,12-15,17H2,1-2H3;7-11,17H,4-6H2,1-3H3,(H,15,19)(H,16,20)(H,22,23)/b11-10+;. The molecule has 0 spiro atoms. The number of pyridine rings is 1. The summed E-state index contributed by atoms with van der Waals surface area (Å²) in [4.78, 5) is 50.8. The summed E-state index contributed by atoms with van der Waals surface area (Å²) in [6.45, 7) is 12.5. The van der Waals surface area contributed by atoms with Crippen LogP contribution in [0.1, 0.15) is 84.4 Å². The van der Waals surface area contributed by atoms with Gasteiger partial charge in [-0.05, 0) is 86.8 Å². The normalized spacial score (nSPS) is 20.7. The van der Waals surface area contributed by atoms with Gasteiger partial charge in [0, 0.05) is 36.5 Å². The van der Waals surface area contributed by atoms with Crippen molar-refractivity contribution in [2.75, 3.05) is 25.4 Å². The Labute approximate surface area is 295 Å². The molecule has 1 aliphatic carbocycles. The summed E-state index contributed by atoms with van der Waals surface area (Å²) in [5.41, 5.74) is 6.52. The van der Waals surface area contributed by atoms with E-state index < -0.39 is 35.9 Å². The highest BCUT2D eigenvalue weighted by Crippen LogP contribution is 2.38. The monoisotopic (exact) mass is 694 g/mol. The topological polar surface area (TPSA) is 144 Å². The predicted octanol–water partition coefficient (Wildman–Crippen LogP) is 4.81. The zero-order chi connectivity index (χ0) is 35.6. The van der Waals surface area contributed by atoms with Crippen LogP contribution in [0.5, 0.6) is 0 Å². The molecule has 3 atom stereocenters. The average molecular weight is 695 g/mol. The first-order valence-corrected chi connectivity index (χ1v) is 18.6. The molecule has 12 heteroatoms. The summed E-state index contributed by atoms with van der Waals surface area (Å²) in [5, 5.41) is 16.4. The van der Waals surface area contributed by atoms with Crippen LogP contribution in [0.3, 0.4) is 0 Å². The van der Waals surface area contributed by atoms with Gasteiger partial charge in [0.25, 0.3) is 5.91 Å². The van der Waals surface area contributed by atoms with Crippen LogP contribution in [-0.4, -0.2) is 87.1 Å². The summed E-state index contributed by atoms with van der Waals surface area (Å²) in [7, 11) is 0. The van der Waals surface area contributed by atoms with E-state index in [-0.39, 0.29) is 5.92 Å². The van der Waals surface area contributed by atoms with E-state index in [1.165, 1.54) is 73.1 Å². The maximum Gasteiger partial charge on any atom is 0.322 e. The largest absolute Gasteiger partial charge is 0.480 e. The maximum atomic E-state index is 12.3. The number of hydrogen-bond donors (Lipinski definition) is 4. The van der Waals surface area contributed by atoms with Gasteiger partial charge in [0.2, 0.25) is 12.3 Å². The molecule has 2 aliphatic heterocycles. The molecule has 4 N–H and O–H groups in total. The van der Waals surface area contributed by atoms with Crippen molar-refractivity contribution in [3.63, 3.8) is 0 Å². The van der Waals surface area contributed by atoms with Gasteiger partial charge in [-0.3, -0.25) is 33.5 Å². The number of aryl methyl sites for hydroxylation is 1. The fourth-order valence-corrected chi connectivity index (χ4v) is 7.12. The second-order valence-electron chi connectivity index (χ2n) is 14.2. The van der Waals surface area contributed by atoms with E-state index in [2.05, 4.69) is 88.6 Å². The molecule has 3 unspecified atom stereocenters. The Balaban J connectivity index is 0.000000223. The Morgan fingerprint density at radius 2 is 1.82 bits per heavy atom. The number of carbonyl (C=O) groups excluding carboxylic acids is 3. The van der Waals surface area contributed by atoms with Crippen molar-refractivity contribution in [1.29, 1.82) is 0 Å². The number of rotatable bonds is 13. The SMILES string of the molecule is CC(NC(=O)C(NC=O)C(C)C)C(=O)N1CCCC(C(=O)O)N1.CCc1ccc2ccc(/C=C/C3(C)CCN(SCC4CC4)CC3)cc2n1. The third-order valence-electron chi connectivity index (χ3n) is 9.54. The van der Waals surface area contributed by atoms with E-state index in [9.17, 15) is 19.2 Å². The number of fused-ring (bicyclic) bond motifs is 1. The van der Waals surface area contributed by atoms with Crippen LogP contribution in [0, 0.1) is 17.3 Å². The Morgan fingerprint density at radius 1 is 1.10 bits per heavy atom. The van der Waals surface area contributed by atoms with Gasteiger partial charge in [0.15, 0.2) is 0 Å². The molecule has 3 aliphatic rings. The van der Waals surface area contributed by atoms with Crippen LogP contribution < -0.4 is 16.1 Å². The minimum absolute atomic E-state index is 0.132. The van der Waals surface area contributed by atoms with Gasteiger partial charge in [-0.1, -0.05) is 70.0 Å². The van der Waals surface area contributed by atoms with E-state index in [0.717, 1.165) is 17.9 Å². The molecule has 2 aromatic rings. The van der Waals surface area contributed by atoms with Gasteiger partial charge >= 0.3 is 5.97 Å². The summed E-state index contributed by atoms with van der Waals surface area (Å²) in [5.74, 6) is 0.331. The number of nitrogens with zero attached hydrogens (tertiary/aromatic N) is 3. The van der Waals surface area contributed by atoms with Gasteiger partial charge in [0.1, 0.15) is 18.1 Å². The van der Waals surface area contributed by atoms with E-state index in [4.69, 9.17) is 10.1 Å². The summed E-state index contributed by atoms with van der Waals surface area (Å²) >= 11 is 2.09. The summed E-state index contributed by atoms with van der Waals surface area (Å²) in [6.07, 6.45) is 12.6. The molecule has 268 valence electrons. The van der Waals surface area contributed by atoms with Crippen LogP contribution in [0.2, 0.25) is 0 Å². The Morgan fingerprint density at radius 3 is 2.45 bits per heavy atom. The second kappa shape index (κ2) is 18.0. The third-order valence-corrected chi connectivity index (χ3v) is 10.9. The summed E-state index contributed by atoms with van der Waals surface area (Å²) in [6, 6.07) is 8.59. The number of piperidine rings is 1. The zero-order valence-corrected chi connectivity index (χ0v) is 30.4. The summed E-state index contributed by atoms with van der Waals surface area (Å²) < 4.78 is 2.60. The highest BCUT2D eigenvalue weighted by molar-refractivity contribution is 7.97. The molecule has 3 heterocycles. The predicted molar refractivity (Wildman–Crippen MR) is 195 cm³/mol. The lowest BCUT2D eigenvalue weighted by Gasteiger charge is -2.37. The molecule has 2 saturated heterocycles. The Kier molecular flexibility index (Phi) is 14.0. The second-order valence-corrected chi connectivity index (χ2v) is 15.3. The minimum atomic E-state index is -1.02. The number of aromatic nitrogens is 1. The van der Waals surface area contributed by atoms with Crippen LogP contribution >= 0.6 is 11.9 Å². The van der Waals surface area contributed by atoms with E-state index >= 15 is 0 Å². The number of aliphatic carboxylic acids is 1. The number of benzene rings is 1. The number of carbonyl (C=O) groups is 4. The number of allylic oxidation sites excluding steroid dienone is 1. The van der Waals surface area contributed by atoms with Crippen molar-refractivity contribution in [3.05, 3.63) is 47.7 Å². The molecule has 1 aromatic carbocycles. The van der Waals surface area contributed by atoms with Gasteiger partial charge in [-0.15, -0.1) is 0 Å². The molecule has 0 radical (unpaired) electrons. The highest BCUT2D eigenvalue weighted by atomic mass is 32.2. The number of carboxylic acids is 1. The molecule has 3 fully saturated rings. The minimum Gasteiger partial charge on any atom is -0.480 e. The van der Waals surface area contributed by atoms with Gasteiger partial charge in [-0.25, -0.2) is 5.43 Å². The molecule has 1 saturated carbocycles. The molecule has 5 rings (SSSR count). The molecule has 49 heavy (non-hydrogen) atoms. The maximum absolute atomic E-state index is 12.3. The van der Waals surface area contributed by atoms with E-state index in [1.54, 1.807) is 13.8 Å². The number of hydrogen-bond acceptors (Lipinski definition) is 8. The number of carboxylic acid groups (broad SMARTS) is 1. The van der Waals surface area contributed by atoms with E-state index in [0.29, 0.717) is 31.2 Å². The van der Waals surface area contributed by atoms with Crippen molar-refractivity contribution in [3.8, 4) is 0 Å². The first-order chi connectivity index (χ1) is 23.4. The van der Waals surface area contributed by atoms with Crippen LogP contribution in [0.15, 0.2) is 36.4 Å². The zero-order valence-electron chi connectivity index (χ0n) is 29.6. The van der Waals surface area contributed by atoms with Crippen molar-refractivity contribution >= 4 is 53.1 Å². The smallest absolute Gasteiger partial charge is 0.322 e. The fourth-order valence-electron chi connectivity index (χ4n) is 5.93. The van der Waals surface area contributed by atoms with Crippen LogP contribution in [0.25, 0.3) is 17.0 Å². The first-order valence-electron chi connectivity index (χ1n) is 17.7. The molecule has 3 amide bonds. The lowest BCUT2D eigenvalue weighted by atomic mass is 9.80. The van der Waals surface area contributed by atoms with E-state index in [1.807, 2.05) is 0 Å². The Hall–Kier alpha value is -3.48. The van der Waals surface area contributed by atoms with Crippen molar-refractivity contribution in [2.45, 2.75) is 97.7 Å². The van der Waals surface area contributed by atoms with Crippen LogP contribution in [-0.2, 0) is 25.6 Å². The number of amides is 3. The van der Waals surface area contributed by atoms with Crippen molar-refractivity contribution in [2.24, 2.45) is 17.3 Å². The quantitative estimate of drug-likeness (QED) is 0.172. The number of nitrogens with one attached hydrogen (secondary N) is 3. The molecular weight excluding hydrogens is 641 g/mol. The van der Waals surface area contributed by atoms with Crippen molar-refractivity contribution in [1.82, 2.24) is 30.4 Å². The van der Waals surface area contributed by atoms with Gasteiger partial charge < -0.3 is 15.7 Å². The Bertz CT molecular complexity index is 1470. The number of hydrazine groups is 1. The lowest BCUT2D eigenvalue weighted by Crippen LogP contribution is -2.60. The van der Waals surface area contributed by atoms with Crippen molar-refractivity contribution < 1.29 is 24.3 Å². The lowest BCUT2D eigenvalue weighted by molar-refractivity contribution is -0.148. The van der Waals surface area contributed by atoms with Gasteiger partial charge in [0.05, 0.1) is 5.52 Å². The highest BCUT2D eigenvalue weighted by Gasteiger charge is 2.32. The molecule has 1 aromatic heterocycles.